The van der Waals surface area contributed by atoms with Crippen molar-refractivity contribution in [3.8, 4) is 0 Å². The summed E-state index contributed by atoms with van der Waals surface area (Å²) in [7, 11) is 0. The minimum absolute atomic E-state index is 0.0287. The third-order valence-electron chi connectivity index (χ3n) is 5.14. The van der Waals surface area contributed by atoms with Crippen LogP contribution in [-0.4, -0.2) is 44.2 Å². The molecule has 0 fully saturated rings. The number of carbonyl (C=O) groups is 1. The van der Waals surface area contributed by atoms with Gasteiger partial charge < -0.3 is 10.5 Å². The van der Waals surface area contributed by atoms with Gasteiger partial charge in [0, 0.05) is 24.4 Å². The molecule has 0 amide bonds. The van der Waals surface area contributed by atoms with E-state index in [0.717, 1.165) is 11.3 Å². The van der Waals surface area contributed by atoms with Gasteiger partial charge in [0.15, 0.2) is 11.0 Å². The molecule has 2 aromatic rings. The second-order valence-electron chi connectivity index (χ2n) is 8.66. The first-order valence-electron chi connectivity index (χ1n) is 10.5. The number of ketones is 1. The Morgan fingerprint density at radius 2 is 2.16 bits per heavy atom. The number of halogens is 2. The number of Topliss-reactive ketones (excluding diaryl/α,β-unsaturated/α-hetero) is 1. The fourth-order valence-corrected chi connectivity index (χ4v) is 4.97. The Labute approximate surface area is 190 Å². The molecule has 3 rings (SSSR count). The summed E-state index contributed by atoms with van der Waals surface area (Å²) in [5.41, 5.74) is 8.01. The summed E-state index contributed by atoms with van der Waals surface area (Å²) in [4.78, 5) is 22.0. The normalized spacial score (nSPS) is 21.2. The summed E-state index contributed by atoms with van der Waals surface area (Å²) in [6.07, 6.45) is 2.27. The lowest BCUT2D eigenvalue weighted by molar-refractivity contribution is -0.128. The van der Waals surface area contributed by atoms with Gasteiger partial charge in [-0.1, -0.05) is 25.6 Å². The van der Waals surface area contributed by atoms with E-state index in [-0.39, 0.29) is 24.1 Å². The molecule has 10 heteroatoms. The highest BCUT2D eigenvalue weighted by molar-refractivity contribution is 8.14. The van der Waals surface area contributed by atoms with Gasteiger partial charge in [-0.15, -0.1) is 0 Å². The molecule has 3 heterocycles. The molecule has 0 bridgehead atoms. The number of rotatable bonds is 9. The van der Waals surface area contributed by atoms with E-state index < -0.39 is 12.2 Å². The van der Waals surface area contributed by atoms with Crippen LogP contribution in [0.1, 0.15) is 54.6 Å². The number of aromatic nitrogens is 3. The lowest BCUT2D eigenvalue weighted by Gasteiger charge is -2.33. The van der Waals surface area contributed by atoms with Gasteiger partial charge in [-0.3, -0.25) is 14.5 Å². The highest BCUT2D eigenvalue weighted by Gasteiger charge is 2.36. The summed E-state index contributed by atoms with van der Waals surface area (Å²) in [6.45, 7) is 5.60. The Balaban J connectivity index is 1.79. The summed E-state index contributed by atoms with van der Waals surface area (Å²) in [5.74, 6) is 0.335. The van der Waals surface area contributed by atoms with Crippen LogP contribution in [0, 0.1) is 12.8 Å². The lowest BCUT2D eigenvalue weighted by Crippen LogP contribution is -2.36. The Bertz CT molecular complexity index is 994. The second kappa shape index (κ2) is 10.1. The largest absolute Gasteiger partial charge is 0.379 e. The number of ether oxygens (including phenoxy) is 1. The molecule has 1 aliphatic rings. The summed E-state index contributed by atoms with van der Waals surface area (Å²) < 4.78 is 31.2. The molecule has 0 radical (unpaired) electrons. The number of thioether (sulfide) groups is 1. The van der Waals surface area contributed by atoms with E-state index in [0.29, 0.717) is 35.4 Å². The standard InChI is InChI=1S/C22H29F2N5O2S/c1-13(2)11-29-17(7-14(3)28-29)18(30)8-15-5-6-26-19(9-15)22(4)10-16(12-31-20(23)24)32-21(25)27-22/h5-7,9,13,16,20H,8,10-12H2,1-4H3,(H2,25,27)/t16-,22-/m0/s1. The fraction of sp³-hybridized carbons (Fsp3) is 0.545. The summed E-state index contributed by atoms with van der Waals surface area (Å²) in [6, 6.07) is 5.44. The Morgan fingerprint density at radius 1 is 1.41 bits per heavy atom. The van der Waals surface area contributed by atoms with E-state index in [1.165, 1.54) is 11.8 Å². The van der Waals surface area contributed by atoms with Gasteiger partial charge in [0.2, 0.25) is 0 Å². The van der Waals surface area contributed by atoms with Gasteiger partial charge in [0.05, 0.1) is 18.0 Å². The summed E-state index contributed by atoms with van der Waals surface area (Å²) in [5, 5.41) is 4.48. The molecule has 1 aliphatic heterocycles. The van der Waals surface area contributed by atoms with Gasteiger partial charge in [0.25, 0.3) is 0 Å². The molecule has 2 aromatic heterocycles. The highest BCUT2D eigenvalue weighted by Crippen LogP contribution is 2.38. The van der Waals surface area contributed by atoms with Crippen molar-refractivity contribution in [1.82, 2.24) is 14.8 Å². The third kappa shape index (κ3) is 6.13. The van der Waals surface area contributed by atoms with Crippen LogP contribution in [-0.2, 0) is 23.2 Å². The maximum Gasteiger partial charge on any atom is 0.345 e. The van der Waals surface area contributed by atoms with Crippen molar-refractivity contribution in [2.45, 2.75) is 64.5 Å². The SMILES string of the molecule is Cc1cc(C(=O)Cc2ccnc([C@]3(C)C[C@@H](COC(F)F)SC(N)=N3)c2)n(CC(C)C)n1. The first kappa shape index (κ1) is 24.3. The number of pyridine rings is 1. The van der Waals surface area contributed by atoms with Crippen molar-refractivity contribution in [2.75, 3.05) is 6.61 Å². The third-order valence-corrected chi connectivity index (χ3v) is 6.11. The maximum atomic E-state index is 13.0. The predicted octanol–water partition coefficient (Wildman–Crippen LogP) is 3.94. The minimum atomic E-state index is -2.83. The minimum Gasteiger partial charge on any atom is -0.379 e. The number of carbonyl (C=O) groups excluding carboxylic acids is 1. The van der Waals surface area contributed by atoms with Crippen LogP contribution in [0.4, 0.5) is 8.78 Å². The Kier molecular flexibility index (Phi) is 7.66. The topological polar surface area (TPSA) is 95.4 Å². The van der Waals surface area contributed by atoms with Gasteiger partial charge >= 0.3 is 6.61 Å². The van der Waals surface area contributed by atoms with Crippen LogP contribution < -0.4 is 5.73 Å². The fourth-order valence-electron chi connectivity index (χ4n) is 3.82. The van der Waals surface area contributed by atoms with Crippen molar-refractivity contribution >= 4 is 22.7 Å². The van der Waals surface area contributed by atoms with Crippen molar-refractivity contribution < 1.29 is 18.3 Å². The first-order valence-corrected chi connectivity index (χ1v) is 11.4. The Morgan fingerprint density at radius 3 is 2.84 bits per heavy atom. The second-order valence-corrected chi connectivity index (χ2v) is 9.98. The highest BCUT2D eigenvalue weighted by atomic mass is 32.2. The average molecular weight is 466 g/mol. The van der Waals surface area contributed by atoms with E-state index in [2.05, 4.69) is 33.7 Å². The molecule has 7 nitrogen and oxygen atoms in total. The van der Waals surface area contributed by atoms with Crippen LogP contribution in [0.2, 0.25) is 0 Å². The molecular formula is C22H29F2N5O2S. The van der Waals surface area contributed by atoms with Crippen molar-refractivity contribution in [1.29, 1.82) is 0 Å². The van der Waals surface area contributed by atoms with E-state index in [9.17, 15) is 13.6 Å². The average Bonchev–Trinajstić information content (AvgIpc) is 3.05. The van der Waals surface area contributed by atoms with Crippen molar-refractivity contribution in [3.05, 3.63) is 47.0 Å². The van der Waals surface area contributed by atoms with Gasteiger partial charge in [-0.05, 0) is 49.9 Å². The number of nitrogens with two attached hydrogens (primary N) is 1. The zero-order chi connectivity index (χ0) is 23.5. The van der Waals surface area contributed by atoms with Crippen LogP contribution in [0.5, 0.6) is 0 Å². The van der Waals surface area contributed by atoms with Crippen molar-refractivity contribution in [2.24, 2.45) is 16.6 Å². The van der Waals surface area contributed by atoms with Gasteiger partial charge in [-0.2, -0.15) is 13.9 Å². The van der Waals surface area contributed by atoms with Crippen LogP contribution >= 0.6 is 11.8 Å². The summed E-state index contributed by atoms with van der Waals surface area (Å²) >= 11 is 1.22. The number of hydrogen-bond donors (Lipinski definition) is 1. The number of aliphatic imine (C=N–C) groups is 1. The smallest absolute Gasteiger partial charge is 0.345 e. The van der Waals surface area contributed by atoms with Crippen molar-refractivity contribution in [3.63, 3.8) is 0 Å². The molecule has 0 saturated heterocycles. The Hall–Kier alpha value is -2.33. The van der Waals surface area contributed by atoms with E-state index >= 15 is 0 Å². The maximum absolute atomic E-state index is 13.0. The lowest BCUT2D eigenvalue weighted by atomic mass is 9.90. The number of nitrogens with zero attached hydrogens (tertiary/aromatic N) is 4. The zero-order valence-corrected chi connectivity index (χ0v) is 19.5. The van der Waals surface area contributed by atoms with E-state index in [1.807, 2.05) is 26.0 Å². The van der Waals surface area contributed by atoms with E-state index in [1.54, 1.807) is 16.9 Å². The molecule has 0 aromatic carbocycles. The number of amidine groups is 1. The van der Waals surface area contributed by atoms with Crippen LogP contribution in [0.3, 0.4) is 0 Å². The van der Waals surface area contributed by atoms with E-state index in [4.69, 9.17) is 5.73 Å². The quantitative estimate of drug-likeness (QED) is 0.564. The molecule has 2 N–H and O–H groups in total. The number of aryl methyl sites for hydroxylation is 1. The van der Waals surface area contributed by atoms with Gasteiger partial charge in [0.1, 0.15) is 11.2 Å². The molecule has 174 valence electrons. The molecule has 2 atom stereocenters. The molecule has 0 spiro atoms. The molecule has 0 saturated carbocycles. The zero-order valence-electron chi connectivity index (χ0n) is 18.7. The first-order chi connectivity index (χ1) is 15.1. The number of hydrogen-bond acceptors (Lipinski definition) is 7. The van der Waals surface area contributed by atoms with Crippen LogP contribution in [0.25, 0.3) is 0 Å². The van der Waals surface area contributed by atoms with Gasteiger partial charge in [-0.25, -0.2) is 4.99 Å². The molecule has 0 unspecified atom stereocenters. The molecule has 0 aliphatic carbocycles. The van der Waals surface area contributed by atoms with Crippen LogP contribution in [0.15, 0.2) is 29.4 Å². The predicted molar refractivity (Wildman–Crippen MR) is 121 cm³/mol. The monoisotopic (exact) mass is 465 g/mol. The molecule has 32 heavy (non-hydrogen) atoms. The molecular weight excluding hydrogens is 436 g/mol. The number of alkyl halides is 2.